The van der Waals surface area contributed by atoms with Crippen LogP contribution in [0, 0.1) is 0 Å². The van der Waals surface area contributed by atoms with Crippen molar-refractivity contribution in [3.8, 4) is 0 Å². The molecule has 1 aromatic carbocycles. The van der Waals surface area contributed by atoms with E-state index in [4.69, 9.17) is 4.74 Å². The van der Waals surface area contributed by atoms with Crippen LogP contribution in [0.4, 0.5) is 11.5 Å². The van der Waals surface area contributed by atoms with Gasteiger partial charge in [-0.3, -0.25) is 9.69 Å². The summed E-state index contributed by atoms with van der Waals surface area (Å²) in [6.45, 7) is 8.31. The zero-order valence-electron chi connectivity index (χ0n) is 16.7. The van der Waals surface area contributed by atoms with E-state index in [1.165, 1.54) is 5.69 Å². The average Bonchev–Trinajstić information content (AvgIpc) is 2.80. The summed E-state index contributed by atoms with van der Waals surface area (Å²) in [5, 5.41) is 11.6. The second kappa shape index (κ2) is 9.67. The smallest absolute Gasteiger partial charge is 0.274 e. The van der Waals surface area contributed by atoms with E-state index in [0.29, 0.717) is 24.6 Å². The van der Waals surface area contributed by atoms with Gasteiger partial charge < -0.3 is 19.9 Å². The number of aromatic nitrogens is 2. The van der Waals surface area contributed by atoms with E-state index in [1.54, 1.807) is 6.07 Å². The number of piperazine rings is 1. The molecule has 0 spiro atoms. The van der Waals surface area contributed by atoms with Gasteiger partial charge in [-0.15, -0.1) is 10.2 Å². The molecule has 2 aliphatic rings. The van der Waals surface area contributed by atoms with E-state index in [-0.39, 0.29) is 5.91 Å². The van der Waals surface area contributed by atoms with Gasteiger partial charge in [-0.25, -0.2) is 0 Å². The Morgan fingerprint density at radius 2 is 1.69 bits per heavy atom. The van der Waals surface area contributed by atoms with Crippen LogP contribution in [-0.4, -0.2) is 91.5 Å². The highest BCUT2D eigenvalue weighted by Gasteiger charge is 2.23. The molecular weight excluding hydrogens is 368 g/mol. The zero-order chi connectivity index (χ0) is 19.9. The van der Waals surface area contributed by atoms with Gasteiger partial charge in [-0.05, 0) is 24.3 Å². The normalized spacial score (nSPS) is 17.9. The average molecular weight is 396 g/mol. The van der Waals surface area contributed by atoms with Crippen LogP contribution >= 0.6 is 0 Å². The molecule has 1 aromatic heterocycles. The molecule has 1 amide bonds. The fraction of sp³-hybridized carbons (Fsp3) is 0.476. The van der Waals surface area contributed by atoms with E-state index in [9.17, 15) is 4.79 Å². The molecule has 0 bridgehead atoms. The van der Waals surface area contributed by atoms with E-state index < -0.39 is 0 Å². The molecule has 0 unspecified atom stereocenters. The van der Waals surface area contributed by atoms with E-state index >= 15 is 0 Å². The predicted octanol–water partition coefficient (Wildman–Crippen LogP) is 1.18. The Balaban J connectivity index is 1.24. The topological polar surface area (TPSA) is 73.8 Å². The number of anilines is 2. The van der Waals surface area contributed by atoms with Gasteiger partial charge in [0.25, 0.3) is 5.91 Å². The third-order valence-corrected chi connectivity index (χ3v) is 5.41. The Labute approximate surface area is 171 Å². The van der Waals surface area contributed by atoms with Gasteiger partial charge in [-0.2, -0.15) is 0 Å². The largest absolute Gasteiger partial charge is 0.379 e. The van der Waals surface area contributed by atoms with Crippen molar-refractivity contribution in [2.45, 2.75) is 0 Å². The number of nitrogens with one attached hydrogen (secondary N) is 1. The predicted molar refractivity (Wildman–Crippen MR) is 112 cm³/mol. The summed E-state index contributed by atoms with van der Waals surface area (Å²) >= 11 is 0. The molecular formula is C21H28N6O2. The number of carbonyl (C=O) groups excluding carboxylic acids is 1. The molecule has 8 nitrogen and oxygen atoms in total. The summed E-state index contributed by atoms with van der Waals surface area (Å²) in [5.41, 5.74) is 1.60. The Morgan fingerprint density at radius 1 is 0.931 bits per heavy atom. The quantitative estimate of drug-likeness (QED) is 0.786. The summed E-state index contributed by atoms with van der Waals surface area (Å²) in [7, 11) is 0. The lowest BCUT2D eigenvalue weighted by Gasteiger charge is -2.35. The van der Waals surface area contributed by atoms with Crippen LogP contribution in [0.15, 0.2) is 42.5 Å². The molecule has 0 radical (unpaired) electrons. The first kappa shape index (κ1) is 19.6. The molecule has 154 valence electrons. The summed E-state index contributed by atoms with van der Waals surface area (Å²) in [6.07, 6.45) is 0. The van der Waals surface area contributed by atoms with Crippen LogP contribution in [0.2, 0.25) is 0 Å². The highest BCUT2D eigenvalue weighted by molar-refractivity contribution is 5.92. The Bertz CT molecular complexity index is 772. The zero-order valence-corrected chi connectivity index (χ0v) is 16.7. The number of amides is 1. The van der Waals surface area contributed by atoms with Gasteiger partial charge in [0.1, 0.15) is 5.82 Å². The summed E-state index contributed by atoms with van der Waals surface area (Å²) in [6, 6.07) is 13.9. The standard InChI is InChI=1S/C21H28N6O2/c28-21(27-12-10-26(11-13-27)18-4-2-1-3-5-18)19-6-7-20(24-23-19)22-8-9-25-14-16-29-17-15-25/h1-7H,8-17H2,(H,22,24). The molecule has 0 atom stereocenters. The van der Waals surface area contributed by atoms with Crippen LogP contribution in [0.5, 0.6) is 0 Å². The van der Waals surface area contributed by atoms with Crippen LogP contribution in [0.1, 0.15) is 10.5 Å². The summed E-state index contributed by atoms with van der Waals surface area (Å²) in [4.78, 5) is 19.3. The minimum absolute atomic E-state index is 0.0509. The number of rotatable bonds is 6. The molecule has 0 aliphatic carbocycles. The maximum absolute atomic E-state index is 12.7. The van der Waals surface area contributed by atoms with Crippen molar-refractivity contribution in [1.82, 2.24) is 20.0 Å². The fourth-order valence-corrected chi connectivity index (χ4v) is 3.68. The number of hydrogen-bond acceptors (Lipinski definition) is 7. The summed E-state index contributed by atoms with van der Waals surface area (Å²) < 4.78 is 5.36. The number of benzene rings is 1. The van der Waals surface area contributed by atoms with Crippen molar-refractivity contribution in [3.63, 3.8) is 0 Å². The monoisotopic (exact) mass is 396 g/mol. The van der Waals surface area contributed by atoms with Crippen LogP contribution < -0.4 is 10.2 Å². The van der Waals surface area contributed by atoms with Gasteiger partial charge in [0.2, 0.25) is 0 Å². The van der Waals surface area contributed by atoms with Crippen LogP contribution in [0.25, 0.3) is 0 Å². The summed E-state index contributed by atoms with van der Waals surface area (Å²) in [5.74, 6) is 0.647. The lowest BCUT2D eigenvalue weighted by molar-refractivity contribution is 0.0398. The van der Waals surface area contributed by atoms with Crippen LogP contribution in [0.3, 0.4) is 0 Å². The van der Waals surface area contributed by atoms with E-state index in [0.717, 1.165) is 52.5 Å². The van der Waals surface area contributed by atoms with Crippen molar-refractivity contribution in [2.75, 3.05) is 75.8 Å². The Hall–Kier alpha value is -2.71. The molecule has 0 saturated carbocycles. The molecule has 29 heavy (non-hydrogen) atoms. The van der Waals surface area contributed by atoms with Gasteiger partial charge in [0.15, 0.2) is 5.69 Å². The first-order chi connectivity index (χ1) is 14.3. The number of hydrogen-bond donors (Lipinski definition) is 1. The van der Waals surface area contributed by atoms with Crippen molar-refractivity contribution in [3.05, 3.63) is 48.2 Å². The third-order valence-electron chi connectivity index (χ3n) is 5.41. The van der Waals surface area contributed by atoms with Crippen molar-refractivity contribution in [2.24, 2.45) is 0 Å². The number of nitrogens with zero attached hydrogens (tertiary/aromatic N) is 5. The second-order valence-electron chi connectivity index (χ2n) is 7.30. The number of para-hydroxylation sites is 1. The first-order valence-electron chi connectivity index (χ1n) is 10.3. The molecule has 1 N–H and O–H groups in total. The number of ether oxygens (including phenoxy) is 1. The lowest BCUT2D eigenvalue weighted by Crippen LogP contribution is -2.49. The highest BCUT2D eigenvalue weighted by atomic mass is 16.5. The molecule has 8 heteroatoms. The van der Waals surface area contributed by atoms with Gasteiger partial charge in [0.05, 0.1) is 13.2 Å². The minimum atomic E-state index is -0.0509. The first-order valence-corrected chi connectivity index (χ1v) is 10.3. The molecule has 3 heterocycles. The number of carbonyl (C=O) groups is 1. The molecule has 2 aromatic rings. The second-order valence-corrected chi connectivity index (χ2v) is 7.30. The van der Waals surface area contributed by atoms with Gasteiger partial charge in [-0.1, -0.05) is 18.2 Å². The number of morpholine rings is 1. The van der Waals surface area contributed by atoms with Gasteiger partial charge in [0, 0.05) is 58.0 Å². The Kier molecular flexibility index (Phi) is 6.53. The lowest BCUT2D eigenvalue weighted by atomic mass is 10.2. The van der Waals surface area contributed by atoms with Crippen molar-refractivity contribution in [1.29, 1.82) is 0 Å². The third kappa shape index (κ3) is 5.21. The maximum Gasteiger partial charge on any atom is 0.274 e. The van der Waals surface area contributed by atoms with Crippen LogP contribution in [-0.2, 0) is 4.74 Å². The fourth-order valence-electron chi connectivity index (χ4n) is 3.68. The molecule has 2 saturated heterocycles. The highest BCUT2D eigenvalue weighted by Crippen LogP contribution is 2.16. The van der Waals surface area contributed by atoms with E-state index in [2.05, 4.69) is 37.4 Å². The van der Waals surface area contributed by atoms with Crippen molar-refractivity contribution >= 4 is 17.4 Å². The molecule has 4 rings (SSSR count). The minimum Gasteiger partial charge on any atom is -0.379 e. The van der Waals surface area contributed by atoms with Crippen molar-refractivity contribution < 1.29 is 9.53 Å². The van der Waals surface area contributed by atoms with E-state index in [1.807, 2.05) is 29.2 Å². The molecule has 2 fully saturated rings. The SMILES string of the molecule is O=C(c1ccc(NCCN2CCOCC2)nn1)N1CCN(c2ccccc2)CC1. The van der Waals surface area contributed by atoms with Gasteiger partial charge >= 0.3 is 0 Å². The maximum atomic E-state index is 12.7. The Morgan fingerprint density at radius 3 is 2.38 bits per heavy atom. The molecule has 2 aliphatic heterocycles.